The molecular weight excluding hydrogens is 323 g/mol. The third kappa shape index (κ3) is 6.15. The molecule has 1 amide bonds. The van der Waals surface area contributed by atoms with Crippen LogP contribution in [0, 0.1) is 11.7 Å². The lowest BCUT2D eigenvalue weighted by Crippen LogP contribution is -2.42. The maximum atomic E-state index is 12.8. The summed E-state index contributed by atoms with van der Waals surface area (Å²) in [5.74, 6) is 0.505. The monoisotopic (exact) mass is 346 g/mol. The topological polar surface area (TPSA) is 55.1 Å². The van der Waals surface area contributed by atoms with Gasteiger partial charge in [0.2, 0.25) is 5.91 Å². The maximum absolute atomic E-state index is 12.8. The van der Waals surface area contributed by atoms with E-state index in [0.29, 0.717) is 11.8 Å². The largest absolute Gasteiger partial charge is 0.353 e. The van der Waals surface area contributed by atoms with E-state index in [-0.39, 0.29) is 36.1 Å². The molecule has 3 nitrogen and oxygen atoms in total. The van der Waals surface area contributed by atoms with E-state index in [0.717, 1.165) is 30.6 Å². The average molecular weight is 347 g/mol. The van der Waals surface area contributed by atoms with Crippen LogP contribution >= 0.6 is 24.2 Å². The molecule has 0 radical (unpaired) electrons. The Morgan fingerprint density at radius 2 is 1.91 bits per heavy atom. The first kappa shape index (κ1) is 19.3. The highest BCUT2D eigenvalue weighted by molar-refractivity contribution is 7.99. The van der Waals surface area contributed by atoms with Gasteiger partial charge in [-0.05, 0) is 49.9 Å². The van der Waals surface area contributed by atoms with Crippen molar-refractivity contribution in [1.29, 1.82) is 0 Å². The quantitative estimate of drug-likeness (QED) is 0.804. The molecule has 1 unspecified atom stereocenters. The zero-order chi connectivity index (χ0) is 15.2. The fraction of sp³-hybridized carbons (Fsp3) is 0.562. The minimum absolute atomic E-state index is 0. The minimum Gasteiger partial charge on any atom is -0.353 e. The number of carbonyl (C=O) groups is 1. The van der Waals surface area contributed by atoms with Gasteiger partial charge in [0, 0.05) is 28.6 Å². The number of amides is 1. The van der Waals surface area contributed by atoms with Gasteiger partial charge in [0.05, 0.1) is 0 Å². The lowest BCUT2D eigenvalue weighted by Gasteiger charge is -2.27. The molecule has 6 heteroatoms. The Balaban J connectivity index is 0.00000242. The highest BCUT2D eigenvalue weighted by Gasteiger charge is 2.22. The SMILES string of the molecule is CC(CSc1ccc(F)cc1)C(=O)NC1CCC(N)CC1.Cl. The molecule has 1 fully saturated rings. The van der Waals surface area contributed by atoms with E-state index in [9.17, 15) is 9.18 Å². The lowest BCUT2D eigenvalue weighted by atomic mass is 9.91. The minimum atomic E-state index is -0.236. The molecular formula is C16H24ClFN2OS. The summed E-state index contributed by atoms with van der Waals surface area (Å²) in [6.45, 7) is 1.93. The summed E-state index contributed by atoms with van der Waals surface area (Å²) in [6, 6.07) is 6.94. The molecule has 0 aromatic heterocycles. The highest BCUT2D eigenvalue weighted by atomic mass is 35.5. The van der Waals surface area contributed by atoms with E-state index in [1.165, 1.54) is 12.1 Å². The predicted octanol–water partition coefficient (Wildman–Crippen LogP) is 3.36. The van der Waals surface area contributed by atoms with E-state index in [2.05, 4.69) is 5.32 Å². The van der Waals surface area contributed by atoms with Crippen LogP contribution in [-0.2, 0) is 4.79 Å². The summed E-state index contributed by atoms with van der Waals surface area (Å²) in [7, 11) is 0. The standard InChI is InChI=1S/C16H23FN2OS.ClH/c1-11(10-21-15-8-2-12(17)3-9-15)16(20)19-14-6-4-13(18)5-7-14;/h2-3,8-9,11,13-14H,4-7,10,18H2,1H3,(H,19,20);1H. The van der Waals surface area contributed by atoms with E-state index < -0.39 is 0 Å². The smallest absolute Gasteiger partial charge is 0.223 e. The van der Waals surface area contributed by atoms with Crippen molar-refractivity contribution in [3.63, 3.8) is 0 Å². The molecule has 0 aliphatic heterocycles. The summed E-state index contributed by atoms with van der Waals surface area (Å²) >= 11 is 1.58. The van der Waals surface area contributed by atoms with Gasteiger partial charge in [0.25, 0.3) is 0 Å². The molecule has 0 spiro atoms. The summed E-state index contributed by atoms with van der Waals surface area (Å²) < 4.78 is 12.8. The van der Waals surface area contributed by atoms with Crippen molar-refractivity contribution in [1.82, 2.24) is 5.32 Å². The molecule has 0 bridgehead atoms. The number of nitrogens with one attached hydrogen (secondary N) is 1. The first-order chi connectivity index (χ1) is 10.0. The zero-order valence-corrected chi connectivity index (χ0v) is 14.4. The van der Waals surface area contributed by atoms with Gasteiger partial charge in [-0.1, -0.05) is 6.92 Å². The van der Waals surface area contributed by atoms with E-state index >= 15 is 0 Å². The molecule has 1 aromatic carbocycles. The summed E-state index contributed by atoms with van der Waals surface area (Å²) in [5, 5.41) is 3.12. The van der Waals surface area contributed by atoms with Gasteiger partial charge in [-0.15, -0.1) is 24.2 Å². The van der Waals surface area contributed by atoms with Gasteiger partial charge in [-0.2, -0.15) is 0 Å². The van der Waals surface area contributed by atoms with Crippen molar-refractivity contribution in [3.8, 4) is 0 Å². The second kappa shape index (κ2) is 9.38. The molecule has 1 aliphatic rings. The Kier molecular flexibility index (Phi) is 8.21. The van der Waals surface area contributed by atoms with Gasteiger partial charge in [0.1, 0.15) is 5.82 Å². The fourth-order valence-electron chi connectivity index (χ4n) is 2.43. The van der Waals surface area contributed by atoms with Gasteiger partial charge in [-0.25, -0.2) is 4.39 Å². The van der Waals surface area contributed by atoms with Gasteiger partial charge in [0.15, 0.2) is 0 Å². The van der Waals surface area contributed by atoms with Gasteiger partial charge in [-0.3, -0.25) is 4.79 Å². The van der Waals surface area contributed by atoms with Crippen LogP contribution in [-0.4, -0.2) is 23.7 Å². The average Bonchev–Trinajstić information content (AvgIpc) is 2.48. The Labute approximate surface area is 142 Å². The number of nitrogens with two attached hydrogens (primary N) is 1. The molecule has 1 atom stereocenters. The number of benzene rings is 1. The van der Waals surface area contributed by atoms with Crippen LogP contribution in [0.4, 0.5) is 4.39 Å². The number of hydrogen-bond donors (Lipinski definition) is 2. The Morgan fingerprint density at radius 1 is 1.32 bits per heavy atom. The zero-order valence-electron chi connectivity index (χ0n) is 12.8. The van der Waals surface area contributed by atoms with Gasteiger partial charge < -0.3 is 11.1 Å². The molecule has 22 heavy (non-hydrogen) atoms. The van der Waals surface area contributed by atoms with E-state index in [1.54, 1.807) is 23.9 Å². The van der Waals surface area contributed by atoms with Crippen LogP contribution in [0.1, 0.15) is 32.6 Å². The second-order valence-corrected chi connectivity index (χ2v) is 6.88. The molecule has 1 aromatic rings. The van der Waals surface area contributed by atoms with Crippen LogP contribution in [0.2, 0.25) is 0 Å². The molecule has 0 heterocycles. The number of rotatable bonds is 5. The number of hydrogen-bond acceptors (Lipinski definition) is 3. The first-order valence-electron chi connectivity index (χ1n) is 7.49. The van der Waals surface area contributed by atoms with Crippen molar-refractivity contribution in [3.05, 3.63) is 30.1 Å². The van der Waals surface area contributed by atoms with Crippen LogP contribution in [0.3, 0.4) is 0 Å². The third-order valence-electron chi connectivity index (χ3n) is 3.88. The number of halogens is 2. The Bertz CT molecular complexity index is 464. The Hall–Kier alpha value is -0.780. The lowest BCUT2D eigenvalue weighted by molar-refractivity contribution is -0.124. The molecule has 1 aliphatic carbocycles. The molecule has 3 N–H and O–H groups in total. The molecule has 1 saturated carbocycles. The van der Waals surface area contributed by atoms with Crippen LogP contribution in [0.15, 0.2) is 29.2 Å². The maximum Gasteiger partial charge on any atom is 0.223 e. The molecule has 2 rings (SSSR count). The first-order valence-corrected chi connectivity index (χ1v) is 8.47. The van der Waals surface area contributed by atoms with Crippen molar-refractivity contribution >= 4 is 30.1 Å². The van der Waals surface area contributed by atoms with E-state index in [4.69, 9.17) is 5.73 Å². The fourth-order valence-corrected chi connectivity index (χ4v) is 3.36. The van der Waals surface area contributed by atoms with Crippen molar-refractivity contribution in [2.24, 2.45) is 11.7 Å². The van der Waals surface area contributed by atoms with Crippen molar-refractivity contribution < 1.29 is 9.18 Å². The van der Waals surface area contributed by atoms with Crippen molar-refractivity contribution in [2.45, 2.75) is 49.6 Å². The summed E-state index contributed by atoms with van der Waals surface area (Å²) in [4.78, 5) is 13.1. The third-order valence-corrected chi connectivity index (χ3v) is 5.15. The highest BCUT2D eigenvalue weighted by Crippen LogP contribution is 2.22. The van der Waals surface area contributed by atoms with Crippen LogP contribution in [0.25, 0.3) is 0 Å². The molecule has 124 valence electrons. The number of thioether (sulfide) groups is 1. The second-order valence-electron chi connectivity index (χ2n) is 5.79. The Morgan fingerprint density at radius 3 is 2.50 bits per heavy atom. The van der Waals surface area contributed by atoms with Crippen LogP contribution < -0.4 is 11.1 Å². The number of carbonyl (C=O) groups excluding carboxylic acids is 1. The predicted molar refractivity (Wildman–Crippen MR) is 91.9 cm³/mol. The normalized spacial score (nSPS) is 22.5. The van der Waals surface area contributed by atoms with Gasteiger partial charge >= 0.3 is 0 Å². The summed E-state index contributed by atoms with van der Waals surface area (Å²) in [6.07, 6.45) is 3.93. The summed E-state index contributed by atoms with van der Waals surface area (Å²) in [5.41, 5.74) is 5.87. The van der Waals surface area contributed by atoms with Crippen molar-refractivity contribution in [2.75, 3.05) is 5.75 Å². The molecule has 0 saturated heterocycles. The van der Waals surface area contributed by atoms with Crippen LogP contribution in [0.5, 0.6) is 0 Å². The van der Waals surface area contributed by atoms with E-state index in [1.807, 2.05) is 6.92 Å².